The predicted octanol–water partition coefficient (Wildman–Crippen LogP) is 5.14. The van der Waals surface area contributed by atoms with Crippen molar-refractivity contribution in [1.82, 2.24) is 0 Å². The van der Waals surface area contributed by atoms with Gasteiger partial charge in [-0.3, -0.25) is 0 Å². The van der Waals surface area contributed by atoms with Gasteiger partial charge in [-0.05, 0) is 56.4 Å². The molecule has 0 N–H and O–H groups in total. The normalized spacial score (nSPS) is 28.4. The van der Waals surface area contributed by atoms with E-state index in [1.807, 2.05) is 0 Å². The number of hydrogen-bond donors (Lipinski definition) is 0. The third-order valence-corrected chi connectivity index (χ3v) is 5.16. The van der Waals surface area contributed by atoms with Gasteiger partial charge in [0.2, 0.25) is 0 Å². The molecule has 0 amide bonds. The van der Waals surface area contributed by atoms with Crippen molar-refractivity contribution in [1.29, 1.82) is 0 Å². The topological polar surface area (TPSA) is 9.23 Å². The zero-order valence-corrected chi connectivity index (χ0v) is 12.6. The lowest BCUT2D eigenvalue weighted by Gasteiger charge is -2.37. The Morgan fingerprint density at radius 1 is 0.850 bits per heavy atom. The van der Waals surface area contributed by atoms with Crippen molar-refractivity contribution in [3.63, 3.8) is 0 Å². The van der Waals surface area contributed by atoms with Gasteiger partial charge in [-0.1, -0.05) is 49.6 Å². The third kappa shape index (κ3) is 3.85. The van der Waals surface area contributed by atoms with Gasteiger partial charge in [0.1, 0.15) is 0 Å². The lowest BCUT2D eigenvalue weighted by atomic mass is 9.82. The number of hydrogen-bond acceptors (Lipinski definition) is 1. The lowest BCUT2D eigenvalue weighted by molar-refractivity contribution is -0.0860. The Balaban J connectivity index is 1.47. The minimum atomic E-state index is 0.510. The summed E-state index contributed by atoms with van der Waals surface area (Å²) >= 11 is 0. The lowest BCUT2D eigenvalue weighted by Crippen LogP contribution is -2.34. The maximum absolute atomic E-state index is 6.45. The monoisotopic (exact) mass is 272 g/mol. The summed E-state index contributed by atoms with van der Waals surface area (Å²) in [6, 6.07) is 10.9. The van der Waals surface area contributed by atoms with Crippen molar-refractivity contribution in [2.45, 2.75) is 76.4 Å². The van der Waals surface area contributed by atoms with Crippen LogP contribution < -0.4 is 0 Å². The summed E-state index contributed by atoms with van der Waals surface area (Å²) in [5.41, 5.74) is 1.45. The average Bonchev–Trinajstić information content (AvgIpc) is 2.55. The molecule has 1 aromatic carbocycles. The van der Waals surface area contributed by atoms with Gasteiger partial charge < -0.3 is 4.74 Å². The standard InChI is InChI=1S/C19H28O/c1-3-8-16(9-4-1)14-15-18-12-7-13-19(20-18)17-10-5-2-6-11-17/h1,3-4,8-9,17-19H,2,5-7,10-15H2/t18-,19+/m0/s1. The first kappa shape index (κ1) is 14.1. The number of aryl methyl sites for hydroxylation is 1. The highest BCUT2D eigenvalue weighted by molar-refractivity contribution is 5.14. The van der Waals surface area contributed by atoms with Crippen LogP contribution in [0.4, 0.5) is 0 Å². The molecule has 2 aliphatic rings. The number of ether oxygens (including phenoxy) is 1. The molecule has 3 rings (SSSR count). The number of rotatable bonds is 4. The Hall–Kier alpha value is -0.820. The highest BCUT2D eigenvalue weighted by Crippen LogP contribution is 2.34. The van der Waals surface area contributed by atoms with Gasteiger partial charge in [-0.2, -0.15) is 0 Å². The fourth-order valence-electron chi connectivity index (χ4n) is 3.97. The third-order valence-electron chi connectivity index (χ3n) is 5.16. The molecule has 1 heterocycles. The summed E-state index contributed by atoms with van der Waals surface area (Å²) in [5.74, 6) is 0.864. The minimum absolute atomic E-state index is 0.510. The first-order valence-corrected chi connectivity index (χ1v) is 8.61. The zero-order chi connectivity index (χ0) is 13.6. The molecule has 1 heteroatoms. The van der Waals surface area contributed by atoms with Gasteiger partial charge in [0.05, 0.1) is 12.2 Å². The van der Waals surface area contributed by atoms with E-state index >= 15 is 0 Å². The van der Waals surface area contributed by atoms with Gasteiger partial charge in [-0.15, -0.1) is 0 Å². The van der Waals surface area contributed by atoms with Crippen molar-refractivity contribution >= 4 is 0 Å². The first-order chi connectivity index (χ1) is 9.92. The Morgan fingerprint density at radius 2 is 1.65 bits per heavy atom. The van der Waals surface area contributed by atoms with Crippen molar-refractivity contribution in [3.8, 4) is 0 Å². The summed E-state index contributed by atoms with van der Waals surface area (Å²) in [4.78, 5) is 0. The Morgan fingerprint density at radius 3 is 2.45 bits per heavy atom. The van der Waals surface area contributed by atoms with Crippen LogP contribution in [-0.2, 0) is 11.2 Å². The molecule has 1 aliphatic heterocycles. The molecule has 1 nitrogen and oxygen atoms in total. The van der Waals surface area contributed by atoms with Crippen LogP contribution in [0.1, 0.15) is 63.4 Å². The quantitative estimate of drug-likeness (QED) is 0.737. The van der Waals surface area contributed by atoms with E-state index in [9.17, 15) is 0 Å². The SMILES string of the molecule is c1ccc(CC[C@@H]2CCC[C@H](C3CCCCC3)O2)cc1. The van der Waals surface area contributed by atoms with E-state index in [1.54, 1.807) is 0 Å². The second-order valence-electron chi connectivity index (χ2n) is 6.65. The molecule has 1 aliphatic carbocycles. The van der Waals surface area contributed by atoms with Gasteiger partial charge in [0, 0.05) is 0 Å². The second-order valence-corrected chi connectivity index (χ2v) is 6.65. The molecule has 0 radical (unpaired) electrons. The molecule has 2 atom stereocenters. The fourth-order valence-corrected chi connectivity index (χ4v) is 3.97. The summed E-state index contributed by atoms with van der Waals surface area (Å²) < 4.78 is 6.45. The largest absolute Gasteiger partial charge is 0.375 e. The summed E-state index contributed by atoms with van der Waals surface area (Å²) in [6.07, 6.45) is 14.5. The van der Waals surface area contributed by atoms with E-state index in [0.29, 0.717) is 12.2 Å². The molecule has 20 heavy (non-hydrogen) atoms. The summed E-state index contributed by atoms with van der Waals surface area (Å²) in [7, 11) is 0. The Kier molecular flexibility index (Phi) is 5.13. The van der Waals surface area contributed by atoms with Crippen LogP contribution in [0.5, 0.6) is 0 Å². The van der Waals surface area contributed by atoms with Crippen molar-refractivity contribution in [2.24, 2.45) is 5.92 Å². The molecule has 2 fully saturated rings. The van der Waals surface area contributed by atoms with Gasteiger partial charge >= 0.3 is 0 Å². The first-order valence-electron chi connectivity index (χ1n) is 8.61. The van der Waals surface area contributed by atoms with Crippen LogP contribution >= 0.6 is 0 Å². The van der Waals surface area contributed by atoms with Crippen LogP contribution in [0.25, 0.3) is 0 Å². The van der Waals surface area contributed by atoms with E-state index in [4.69, 9.17) is 4.74 Å². The molecule has 1 saturated carbocycles. The highest BCUT2D eigenvalue weighted by atomic mass is 16.5. The molecule has 0 aromatic heterocycles. The smallest absolute Gasteiger partial charge is 0.0607 e. The van der Waals surface area contributed by atoms with Crippen LogP contribution in [0.15, 0.2) is 30.3 Å². The van der Waals surface area contributed by atoms with Gasteiger partial charge in [0.15, 0.2) is 0 Å². The maximum Gasteiger partial charge on any atom is 0.0607 e. The average molecular weight is 272 g/mol. The molecule has 1 saturated heterocycles. The molecular weight excluding hydrogens is 244 g/mol. The van der Waals surface area contributed by atoms with E-state index in [0.717, 1.165) is 5.92 Å². The molecule has 110 valence electrons. The molecular formula is C19H28O. The van der Waals surface area contributed by atoms with Crippen LogP contribution in [-0.4, -0.2) is 12.2 Å². The zero-order valence-electron chi connectivity index (χ0n) is 12.6. The van der Waals surface area contributed by atoms with E-state index < -0.39 is 0 Å². The van der Waals surface area contributed by atoms with E-state index in [-0.39, 0.29) is 0 Å². The van der Waals surface area contributed by atoms with Gasteiger partial charge in [0.25, 0.3) is 0 Å². The van der Waals surface area contributed by atoms with Crippen molar-refractivity contribution in [3.05, 3.63) is 35.9 Å². The van der Waals surface area contributed by atoms with Gasteiger partial charge in [-0.25, -0.2) is 0 Å². The highest BCUT2D eigenvalue weighted by Gasteiger charge is 2.29. The Labute approximate surface area is 123 Å². The summed E-state index contributed by atoms with van der Waals surface area (Å²) in [6.45, 7) is 0. The molecule has 0 bridgehead atoms. The molecule has 0 unspecified atom stereocenters. The second kappa shape index (κ2) is 7.26. The fraction of sp³-hybridized carbons (Fsp3) is 0.684. The molecule has 0 spiro atoms. The van der Waals surface area contributed by atoms with Crippen LogP contribution in [0, 0.1) is 5.92 Å². The minimum Gasteiger partial charge on any atom is -0.375 e. The van der Waals surface area contributed by atoms with Crippen molar-refractivity contribution < 1.29 is 4.74 Å². The van der Waals surface area contributed by atoms with Crippen LogP contribution in [0.3, 0.4) is 0 Å². The van der Waals surface area contributed by atoms with Crippen LogP contribution in [0.2, 0.25) is 0 Å². The van der Waals surface area contributed by atoms with Crippen molar-refractivity contribution in [2.75, 3.05) is 0 Å². The van der Waals surface area contributed by atoms with E-state index in [2.05, 4.69) is 30.3 Å². The maximum atomic E-state index is 6.45. The number of benzene rings is 1. The summed E-state index contributed by atoms with van der Waals surface area (Å²) in [5, 5.41) is 0. The van der Waals surface area contributed by atoms with E-state index in [1.165, 1.54) is 69.8 Å². The molecule has 1 aromatic rings. The Bertz CT molecular complexity index is 380. The predicted molar refractivity (Wildman–Crippen MR) is 83.9 cm³/mol.